The largest absolute Gasteiger partial charge is 0.374 e. The number of morpholine rings is 1. The molecule has 1 aromatic heterocycles. The summed E-state index contributed by atoms with van der Waals surface area (Å²) in [6, 6.07) is 3.44. The van der Waals surface area contributed by atoms with Crippen LogP contribution in [-0.4, -0.2) is 42.8 Å². The van der Waals surface area contributed by atoms with Crippen LogP contribution in [0.25, 0.3) is 0 Å². The Balaban J connectivity index is 2.05. The maximum atomic E-state index is 12.2. The summed E-state index contributed by atoms with van der Waals surface area (Å²) in [6.45, 7) is 6.63. The van der Waals surface area contributed by atoms with Crippen molar-refractivity contribution >= 4 is 5.91 Å². The van der Waals surface area contributed by atoms with E-state index >= 15 is 0 Å². The van der Waals surface area contributed by atoms with Gasteiger partial charge in [0.1, 0.15) is 5.56 Å². The van der Waals surface area contributed by atoms with Crippen LogP contribution in [0.4, 0.5) is 0 Å². The number of carbonyl (C=O) groups excluding carboxylic acids is 1. The number of nitrogens with one attached hydrogen (secondary N) is 2. The predicted molar refractivity (Wildman–Crippen MR) is 80.7 cm³/mol. The van der Waals surface area contributed by atoms with Gasteiger partial charge in [0.25, 0.3) is 11.5 Å². The van der Waals surface area contributed by atoms with Gasteiger partial charge in [0.05, 0.1) is 12.7 Å². The van der Waals surface area contributed by atoms with Crippen LogP contribution < -0.4 is 16.2 Å². The Morgan fingerprint density at radius 1 is 1.52 bits per heavy atom. The Hall–Kier alpha value is -1.66. The van der Waals surface area contributed by atoms with Crippen molar-refractivity contribution in [3.8, 4) is 0 Å². The number of pyridine rings is 1. The van der Waals surface area contributed by atoms with Gasteiger partial charge < -0.3 is 19.9 Å². The quantitative estimate of drug-likeness (QED) is 0.833. The third kappa shape index (κ3) is 3.71. The minimum Gasteiger partial charge on any atom is -0.374 e. The van der Waals surface area contributed by atoms with Crippen molar-refractivity contribution in [2.24, 2.45) is 7.05 Å². The summed E-state index contributed by atoms with van der Waals surface area (Å²) in [6.07, 6.45) is -0.0403. The smallest absolute Gasteiger partial charge is 0.263 e. The second-order valence-electron chi connectivity index (χ2n) is 5.60. The lowest BCUT2D eigenvalue weighted by Crippen LogP contribution is -2.46. The molecule has 1 atom stereocenters. The summed E-state index contributed by atoms with van der Waals surface area (Å²) in [4.78, 5) is 24.4. The fourth-order valence-electron chi connectivity index (χ4n) is 2.45. The topological polar surface area (TPSA) is 72.4 Å². The van der Waals surface area contributed by atoms with E-state index in [9.17, 15) is 9.59 Å². The Morgan fingerprint density at radius 2 is 2.29 bits per heavy atom. The van der Waals surface area contributed by atoms with Gasteiger partial charge >= 0.3 is 0 Å². The van der Waals surface area contributed by atoms with E-state index in [0.717, 1.165) is 12.2 Å². The molecule has 0 radical (unpaired) electrons. The Morgan fingerprint density at radius 3 is 2.90 bits per heavy atom. The average Bonchev–Trinajstić information content (AvgIpc) is 2.48. The van der Waals surface area contributed by atoms with Gasteiger partial charge in [-0.3, -0.25) is 9.59 Å². The molecule has 21 heavy (non-hydrogen) atoms. The van der Waals surface area contributed by atoms with Crippen molar-refractivity contribution in [3.05, 3.63) is 33.7 Å². The highest BCUT2D eigenvalue weighted by Gasteiger charge is 2.18. The second kappa shape index (κ2) is 6.87. The van der Waals surface area contributed by atoms with E-state index in [1.807, 2.05) is 19.9 Å². The Labute approximate surface area is 124 Å². The summed E-state index contributed by atoms with van der Waals surface area (Å²) in [5.41, 5.74) is 0.823. The molecule has 116 valence electrons. The van der Waals surface area contributed by atoms with E-state index in [4.69, 9.17) is 4.74 Å². The van der Waals surface area contributed by atoms with Gasteiger partial charge in [0.15, 0.2) is 0 Å². The second-order valence-corrected chi connectivity index (χ2v) is 5.60. The maximum absolute atomic E-state index is 12.2. The summed E-state index contributed by atoms with van der Waals surface area (Å²) < 4.78 is 7.05. The van der Waals surface area contributed by atoms with E-state index in [2.05, 4.69) is 10.6 Å². The van der Waals surface area contributed by atoms with Crippen molar-refractivity contribution in [3.63, 3.8) is 0 Å². The van der Waals surface area contributed by atoms with E-state index in [1.165, 1.54) is 4.57 Å². The Kier molecular flexibility index (Phi) is 5.14. The van der Waals surface area contributed by atoms with Crippen molar-refractivity contribution in [1.29, 1.82) is 0 Å². The molecule has 1 aliphatic rings. The molecule has 6 nitrogen and oxygen atoms in total. The van der Waals surface area contributed by atoms with E-state index in [-0.39, 0.29) is 29.1 Å². The van der Waals surface area contributed by atoms with Crippen LogP contribution in [0.2, 0.25) is 0 Å². The summed E-state index contributed by atoms with van der Waals surface area (Å²) in [7, 11) is 1.70. The fraction of sp³-hybridized carbons (Fsp3) is 0.600. The highest BCUT2D eigenvalue weighted by molar-refractivity contribution is 5.93. The molecule has 1 amide bonds. The van der Waals surface area contributed by atoms with Crippen LogP contribution in [0.5, 0.6) is 0 Å². The number of ether oxygens (including phenoxy) is 1. The lowest BCUT2D eigenvalue weighted by molar-refractivity contribution is 0.0287. The molecular formula is C15H23N3O3. The highest BCUT2D eigenvalue weighted by Crippen LogP contribution is 2.11. The third-order valence-electron chi connectivity index (χ3n) is 3.67. The Bertz CT molecular complexity index is 560. The first-order valence-electron chi connectivity index (χ1n) is 7.31. The molecule has 1 fully saturated rings. The number of carbonyl (C=O) groups is 1. The van der Waals surface area contributed by atoms with Gasteiger partial charge in [-0.05, 0) is 18.1 Å². The fourth-order valence-corrected chi connectivity index (χ4v) is 2.45. The summed E-state index contributed by atoms with van der Waals surface area (Å²) >= 11 is 0. The third-order valence-corrected chi connectivity index (χ3v) is 3.67. The first-order valence-corrected chi connectivity index (χ1v) is 7.31. The molecule has 1 aliphatic heterocycles. The van der Waals surface area contributed by atoms with Crippen molar-refractivity contribution in [2.75, 3.05) is 26.2 Å². The standard InChI is InChI=1S/C15H23N3O3/c1-10(2)13-5-4-12(15(20)18(13)3)14(19)17-9-11-8-16-6-7-21-11/h4-5,10-11,16H,6-9H2,1-3H3,(H,17,19)/t11-/m0/s1. The van der Waals surface area contributed by atoms with Crippen LogP contribution >= 0.6 is 0 Å². The minimum atomic E-state index is -0.347. The first kappa shape index (κ1) is 15.7. The van der Waals surface area contributed by atoms with Crippen LogP contribution in [0.15, 0.2) is 16.9 Å². The zero-order valence-corrected chi connectivity index (χ0v) is 12.8. The van der Waals surface area contributed by atoms with E-state index in [1.54, 1.807) is 13.1 Å². The van der Waals surface area contributed by atoms with Crippen LogP contribution in [-0.2, 0) is 11.8 Å². The molecule has 0 aromatic carbocycles. The molecule has 6 heteroatoms. The molecule has 0 unspecified atom stereocenters. The monoisotopic (exact) mass is 293 g/mol. The molecule has 2 rings (SSSR count). The van der Waals surface area contributed by atoms with Gasteiger partial charge in [0, 0.05) is 32.4 Å². The first-order chi connectivity index (χ1) is 10.0. The van der Waals surface area contributed by atoms with E-state index in [0.29, 0.717) is 19.7 Å². The van der Waals surface area contributed by atoms with Gasteiger partial charge in [-0.1, -0.05) is 13.8 Å². The molecule has 0 saturated carbocycles. The number of hydrogen-bond donors (Lipinski definition) is 2. The molecular weight excluding hydrogens is 270 g/mol. The van der Waals surface area contributed by atoms with Crippen LogP contribution in [0.3, 0.4) is 0 Å². The van der Waals surface area contributed by atoms with Gasteiger partial charge in [-0.2, -0.15) is 0 Å². The van der Waals surface area contributed by atoms with Crippen molar-refractivity contribution in [2.45, 2.75) is 25.9 Å². The van der Waals surface area contributed by atoms with Gasteiger partial charge in [-0.15, -0.1) is 0 Å². The van der Waals surface area contributed by atoms with Crippen LogP contribution in [0, 0.1) is 0 Å². The summed E-state index contributed by atoms with van der Waals surface area (Å²) in [5.74, 6) is -0.110. The number of hydrogen-bond acceptors (Lipinski definition) is 4. The zero-order chi connectivity index (χ0) is 15.4. The normalized spacial score (nSPS) is 18.8. The van der Waals surface area contributed by atoms with Crippen molar-refractivity contribution < 1.29 is 9.53 Å². The van der Waals surface area contributed by atoms with E-state index < -0.39 is 0 Å². The molecule has 0 bridgehead atoms. The molecule has 0 spiro atoms. The predicted octanol–water partition coefficient (Wildman–Crippen LogP) is 0.227. The molecule has 1 aromatic rings. The number of nitrogens with zero attached hydrogens (tertiary/aromatic N) is 1. The zero-order valence-electron chi connectivity index (χ0n) is 12.8. The molecule has 0 aliphatic carbocycles. The minimum absolute atomic E-state index is 0.0403. The summed E-state index contributed by atoms with van der Waals surface area (Å²) in [5, 5.41) is 5.96. The maximum Gasteiger partial charge on any atom is 0.263 e. The lowest BCUT2D eigenvalue weighted by Gasteiger charge is -2.23. The van der Waals surface area contributed by atoms with Crippen molar-refractivity contribution in [1.82, 2.24) is 15.2 Å². The molecule has 1 saturated heterocycles. The van der Waals surface area contributed by atoms with Gasteiger partial charge in [-0.25, -0.2) is 0 Å². The SMILES string of the molecule is CC(C)c1ccc(C(=O)NC[C@@H]2CNCCO2)c(=O)n1C. The average molecular weight is 293 g/mol. The van der Waals surface area contributed by atoms with Gasteiger partial charge in [0.2, 0.25) is 0 Å². The highest BCUT2D eigenvalue weighted by atomic mass is 16.5. The van der Waals surface area contributed by atoms with Crippen LogP contribution in [0.1, 0.15) is 35.8 Å². The molecule has 2 heterocycles. The number of aromatic nitrogens is 1. The molecule has 2 N–H and O–H groups in total. The number of amides is 1. The number of rotatable bonds is 4. The lowest BCUT2D eigenvalue weighted by atomic mass is 10.1.